The molecule has 1 heterocycles. The lowest BCUT2D eigenvalue weighted by Crippen LogP contribution is -2.12. The summed E-state index contributed by atoms with van der Waals surface area (Å²) in [6, 6.07) is 9.37. The molecular formula is C14H7FIN3O2. The Morgan fingerprint density at radius 2 is 1.95 bits per heavy atom. The van der Waals surface area contributed by atoms with E-state index in [2.05, 4.69) is 15.1 Å². The van der Waals surface area contributed by atoms with Gasteiger partial charge in [-0.3, -0.25) is 4.79 Å². The molecule has 0 aliphatic heterocycles. The van der Waals surface area contributed by atoms with Crippen LogP contribution in [-0.2, 0) is 0 Å². The molecule has 0 spiro atoms. The van der Waals surface area contributed by atoms with Gasteiger partial charge in [-0.2, -0.15) is 0 Å². The molecule has 0 amide bonds. The van der Waals surface area contributed by atoms with Gasteiger partial charge in [0.1, 0.15) is 22.7 Å². The van der Waals surface area contributed by atoms with Crippen molar-refractivity contribution >= 4 is 39.3 Å². The second kappa shape index (κ2) is 5.32. The van der Waals surface area contributed by atoms with E-state index in [9.17, 15) is 14.1 Å². The number of aromatic nitrogens is 2. The lowest BCUT2D eigenvalue weighted by Gasteiger charge is -2.05. The zero-order chi connectivity index (χ0) is 15.0. The predicted molar refractivity (Wildman–Crippen MR) is 85.9 cm³/mol. The molecule has 21 heavy (non-hydrogen) atoms. The molecule has 5 nitrogen and oxygen atoms in total. The molecule has 0 aliphatic rings. The van der Waals surface area contributed by atoms with Crippen molar-refractivity contribution in [2.75, 3.05) is 0 Å². The van der Waals surface area contributed by atoms with E-state index in [1.165, 1.54) is 12.1 Å². The van der Waals surface area contributed by atoms with Gasteiger partial charge in [0.05, 0.1) is 5.52 Å². The molecule has 0 aliphatic carbocycles. The van der Waals surface area contributed by atoms with Crippen LogP contribution in [0, 0.1) is 14.3 Å². The van der Waals surface area contributed by atoms with E-state index in [0.717, 1.165) is 0 Å². The average Bonchev–Trinajstić information content (AvgIpc) is 2.49. The fourth-order valence-electron chi connectivity index (χ4n) is 2.04. The molecule has 0 unspecified atom stereocenters. The van der Waals surface area contributed by atoms with Crippen molar-refractivity contribution in [3.63, 3.8) is 0 Å². The minimum absolute atomic E-state index is 0.0744. The van der Waals surface area contributed by atoms with Crippen molar-refractivity contribution < 1.29 is 4.39 Å². The van der Waals surface area contributed by atoms with Gasteiger partial charge in [-0.25, -0.2) is 9.37 Å². The highest BCUT2D eigenvalue weighted by atomic mass is 127. The Labute approximate surface area is 131 Å². The summed E-state index contributed by atoms with van der Waals surface area (Å²) in [6.45, 7) is 0. The van der Waals surface area contributed by atoms with E-state index in [4.69, 9.17) is 0 Å². The summed E-state index contributed by atoms with van der Waals surface area (Å²) in [6.07, 6.45) is 0. The Morgan fingerprint density at radius 1 is 1.19 bits per heavy atom. The van der Waals surface area contributed by atoms with E-state index in [0.29, 0.717) is 9.09 Å². The quantitative estimate of drug-likeness (QED) is 0.531. The molecule has 104 valence electrons. The standard InChI is InChI=1S/C14H7FIN3O2/c15-11-7(3-1-4-8(11)16)12-14(20)17-9-5-2-6-10(19-21)13(9)18-12/h1-6H,(H,17,20). The molecule has 3 rings (SSSR count). The molecule has 0 fully saturated rings. The maximum Gasteiger partial charge on any atom is 0.275 e. The van der Waals surface area contributed by atoms with Gasteiger partial charge in [-0.15, -0.1) is 4.91 Å². The summed E-state index contributed by atoms with van der Waals surface area (Å²) >= 11 is 1.84. The van der Waals surface area contributed by atoms with Gasteiger partial charge in [0.25, 0.3) is 5.56 Å². The Kier molecular flexibility index (Phi) is 3.50. The second-order valence-electron chi connectivity index (χ2n) is 4.28. The molecule has 1 N–H and O–H groups in total. The average molecular weight is 395 g/mol. The first-order valence-electron chi connectivity index (χ1n) is 5.92. The molecule has 2 aromatic carbocycles. The Morgan fingerprint density at radius 3 is 2.71 bits per heavy atom. The highest BCUT2D eigenvalue weighted by Crippen LogP contribution is 2.26. The van der Waals surface area contributed by atoms with Crippen LogP contribution in [0.2, 0.25) is 0 Å². The molecule has 0 radical (unpaired) electrons. The van der Waals surface area contributed by atoms with Gasteiger partial charge in [0.2, 0.25) is 0 Å². The van der Waals surface area contributed by atoms with Crippen LogP contribution in [-0.4, -0.2) is 9.97 Å². The first-order valence-corrected chi connectivity index (χ1v) is 7.00. The molecule has 3 aromatic rings. The Balaban J connectivity index is 2.38. The van der Waals surface area contributed by atoms with Crippen LogP contribution in [0.1, 0.15) is 0 Å². The zero-order valence-electron chi connectivity index (χ0n) is 10.4. The third-order valence-corrected chi connectivity index (χ3v) is 3.84. The van der Waals surface area contributed by atoms with Gasteiger partial charge in [-0.05, 0) is 52.0 Å². The van der Waals surface area contributed by atoms with Gasteiger partial charge >= 0.3 is 0 Å². The number of nitrogens with one attached hydrogen (secondary N) is 1. The maximum absolute atomic E-state index is 14.2. The summed E-state index contributed by atoms with van der Waals surface area (Å²) in [4.78, 5) is 29.6. The van der Waals surface area contributed by atoms with Crippen LogP contribution in [0.25, 0.3) is 22.3 Å². The number of fused-ring (bicyclic) bond motifs is 1. The van der Waals surface area contributed by atoms with Crippen molar-refractivity contribution in [2.45, 2.75) is 0 Å². The second-order valence-corrected chi connectivity index (χ2v) is 5.44. The van der Waals surface area contributed by atoms with Crippen LogP contribution in [0.5, 0.6) is 0 Å². The van der Waals surface area contributed by atoms with Crippen LogP contribution in [0.3, 0.4) is 0 Å². The highest BCUT2D eigenvalue weighted by molar-refractivity contribution is 14.1. The zero-order valence-corrected chi connectivity index (χ0v) is 12.6. The maximum atomic E-state index is 14.2. The summed E-state index contributed by atoms with van der Waals surface area (Å²) in [5.41, 5.74) is 0.204. The van der Waals surface area contributed by atoms with Crippen molar-refractivity contribution in [3.05, 3.63) is 61.0 Å². The van der Waals surface area contributed by atoms with Gasteiger partial charge in [-0.1, -0.05) is 12.1 Å². The smallest absolute Gasteiger partial charge is 0.275 e. The fourth-order valence-corrected chi connectivity index (χ4v) is 2.53. The fraction of sp³-hybridized carbons (Fsp3) is 0. The normalized spacial score (nSPS) is 10.8. The lowest BCUT2D eigenvalue weighted by molar-refractivity contribution is 0.623. The number of halogens is 2. The molecule has 7 heteroatoms. The Hall–Kier alpha value is -2.16. The number of nitrogens with zero attached hydrogens (tertiary/aromatic N) is 2. The number of H-pyrrole nitrogens is 1. The first-order chi connectivity index (χ1) is 10.1. The van der Waals surface area contributed by atoms with Crippen LogP contribution >= 0.6 is 22.6 Å². The number of benzene rings is 2. The minimum Gasteiger partial charge on any atom is -0.319 e. The van der Waals surface area contributed by atoms with E-state index in [-0.39, 0.29) is 22.5 Å². The van der Waals surface area contributed by atoms with Crippen molar-refractivity contribution in [3.8, 4) is 11.3 Å². The largest absolute Gasteiger partial charge is 0.319 e. The van der Waals surface area contributed by atoms with E-state index in [1.54, 1.807) is 24.3 Å². The summed E-state index contributed by atoms with van der Waals surface area (Å²) < 4.78 is 14.5. The third-order valence-electron chi connectivity index (χ3n) is 3.01. The van der Waals surface area contributed by atoms with Crippen molar-refractivity contribution in [2.24, 2.45) is 5.18 Å². The number of aromatic amines is 1. The Bertz CT molecular complexity index is 924. The third kappa shape index (κ3) is 2.33. The van der Waals surface area contributed by atoms with Crippen LogP contribution in [0.4, 0.5) is 10.1 Å². The monoisotopic (exact) mass is 395 g/mol. The summed E-state index contributed by atoms with van der Waals surface area (Å²) in [5, 5.41) is 2.87. The van der Waals surface area contributed by atoms with E-state index >= 15 is 0 Å². The lowest BCUT2D eigenvalue weighted by atomic mass is 10.1. The predicted octanol–water partition coefficient (Wildman–Crippen LogP) is 3.73. The van der Waals surface area contributed by atoms with Crippen LogP contribution in [0.15, 0.2) is 46.4 Å². The van der Waals surface area contributed by atoms with Gasteiger partial charge < -0.3 is 4.98 Å². The number of hydrogen-bond donors (Lipinski definition) is 1. The van der Waals surface area contributed by atoms with E-state index in [1.807, 2.05) is 22.6 Å². The topological polar surface area (TPSA) is 75.2 Å². The molecule has 0 saturated heterocycles. The SMILES string of the molecule is O=Nc1cccc2[nH]c(=O)c(-c3cccc(I)c3F)nc12. The van der Waals surface area contributed by atoms with Gasteiger partial charge in [0.15, 0.2) is 0 Å². The molecule has 0 atom stereocenters. The number of rotatable bonds is 2. The number of nitroso groups, excluding NO2 is 1. The van der Waals surface area contributed by atoms with Gasteiger partial charge in [0, 0.05) is 9.13 Å². The molecule has 0 saturated carbocycles. The van der Waals surface area contributed by atoms with Crippen molar-refractivity contribution in [1.29, 1.82) is 0 Å². The minimum atomic E-state index is -0.522. The molecule has 1 aromatic heterocycles. The number of hydrogen-bond acceptors (Lipinski definition) is 4. The van der Waals surface area contributed by atoms with E-state index < -0.39 is 11.4 Å². The molecular weight excluding hydrogens is 388 g/mol. The summed E-state index contributed by atoms with van der Waals surface area (Å²) in [5.74, 6) is -0.521. The first kappa shape index (κ1) is 13.8. The van der Waals surface area contributed by atoms with Crippen molar-refractivity contribution in [1.82, 2.24) is 9.97 Å². The summed E-state index contributed by atoms with van der Waals surface area (Å²) in [7, 11) is 0. The van der Waals surface area contributed by atoms with Crippen LogP contribution < -0.4 is 5.56 Å². The highest BCUT2D eigenvalue weighted by Gasteiger charge is 2.15. The number of para-hydroxylation sites is 1. The molecule has 0 bridgehead atoms.